The molecule has 0 aliphatic carbocycles. The lowest BCUT2D eigenvalue weighted by molar-refractivity contribution is -0.142. The molecule has 6 heteroatoms. The predicted octanol–water partition coefficient (Wildman–Crippen LogP) is 0.836. The zero-order valence-corrected chi connectivity index (χ0v) is 8.58. The Morgan fingerprint density at radius 3 is 2.94 bits per heavy atom. The van der Waals surface area contributed by atoms with Crippen molar-refractivity contribution in [2.45, 2.75) is 0 Å². The molecule has 16 heavy (non-hydrogen) atoms. The third-order valence-electron chi connectivity index (χ3n) is 1.67. The molecule has 1 aromatic carbocycles. The second-order valence-corrected chi connectivity index (χ2v) is 2.83. The fourth-order valence-electron chi connectivity index (χ4n) is 0.965. The van der Waals surface area contributed by atoms with Gasteiger partial charge in [0, 0.05) is 5.56 Å². The highest BCUT2D eigenvalue weighted by Gasteiger charge is 2.01. The van der Waals surface area contributed by atoms with E-state index in [9.17, 15) is 9.90 Å². The average Bonchev–Trinajstić information content (AvgIpc) is 2.26. The molecular formula is C10H11NO5. The van der Waals surface area contributed by atoms with Crippen molar-refractivity contribution in [3.63, 3.8) is 0 Å². The van der Waals surface area contributed by atoms with Crippen LogP contribution in [0.3, 0.4) is 0 Å². The minimum Gasteiger partial charge on any atom is -0.504 e. The lowest BCUT2D eigenvalue weighted by Crippen LogP contribution is -2.03. The number of rotatable bonds is 5. The maximum absolute atomic E-state index is 10.1. The first-order valence-electron chi connectivity index (χ1n) is 4.37. The van der Waals surface area contributed by atoms with Gasteiger partial charge >= 0.3 is 5.97 Å². The van der Waals surface area contributed by atoms with Crippen LogP contribution in [-0.4, -0.2) is 36.1 Å². The van der Waals surface area contributed by atoms with Crippen LogP contribution in [0.25, 0.3) is 0 Å². The van der Waals surface area contributed by atoms with Gasteiger partial charge < -0.3 is 19.8 Å². The summed E-state index contributed by atoms with van der Waals surface area (Å²) in [5, 5.41) is 21.0. The van der Waals surface area contributed by atoms with E-state index in [1.165, 1.54) is 19.4 Å². The van der Waals surface area contributed by atoms with Crippen LogP contribution in [0.2, 0.25) is 0 Å². The van der Waals surface area contributed by atoms with E-state index in [1.54, 1.807) is 12.1 Å². The summed E-state index contributed by atoms with van der Waals surface area (Å²) >= 11 is 0. The fraction of sp³-hybridized carbons (Fsp3) is 0.200. The Morgan fingerprint density at radius 1 is 1.56 bits per heavy atom. The maximum atomic E-state index is 10.1. The van der Waals surface area contributed by atoms with Crippen LogP contribution in [0, 0.1) is 0 Å². The van der Waals surface area contributed by atoms with E-state index < -0.39 is 12.6 Å². The largest absolute Gasteiger partial charge is 0.504 e. The molecule has 1 rings (SSSR count). The number of phenols is 1. The number of benzene rings is 1. The van der Waals surface area contributed by atoms with Crippen LogP contribution in [0.15, 0.2) is 23.4 Å². The number of methoxy groups -OCH3 is 1. The van der Waals surface area contributed by atoms with Crippen LogP contribution < -0.4 is 4.74 Å². The molecule has 0 amide bonds. The van der Waals surface area contributed by atoms with Crippen LogP contribution in [0.1, 0.15) is 5.56 Å². The van der Waals surface area contributed by atoms with E-state index in [2.05, 4.69) is 9.99 Å². The summed E-state index contributed by atoms with van der Waals surface area (Å²) in [6.07, 6.45) is 1.32. The molecule has 0 saturated carbocycles. The van der Waals surface area contributed by atoms with Gasteiger partial charge in [0.15, 0.2) is 11.5 Å². The number of aromatic hydroxyl groups is 1. The number of carbonyl (C=O) groups is 1. The smallest absolute Gasteiger partial charge is 0.344 e. The number of hydrogen-bond donors (Lipinski definition) is 2. The molecule has 0 unspecified atom stereocenters. The lowest BCUT2D eigenvalue weighted by atomic mass is 10.2. The topological polar surface area (TPSA) is 88.4 Å². The van der Waals surface area contributed by atoms with Crippen LogP contribution in [-0.2, 0) is 9.63 Å². The Labute approximate surface area is 91.7 Å². The molecule has 0 aliphatic heterocycles. The third kappa shape index (κ3) is 3.49. The summed E-state index contributed by atoms with van der Waals surface area (Å²) in [6.45, 7) is -0.494. The first-order chi connectivity index (χ1) is 7.63. The fourth-order valence-corrected chi connectivity index (χ4v) is 0.965. The van der Waals surface area contributed by atoms with Gasteiger partial charge in [0.1, 0.15) is 0 Å². The maximum Gasteiger partial charge on any atom is 0.344 e. The summed E-state index contributed by atoms with van der Waals surface area (Å²) in [6, 6.07) is 4.58. The highest BCUT2D eigenvalue weighted by Crippen LogP contribution is 2.25. The molecule has 0 aliphatic rings. The van der Waals surface area contributed by atoms with Crippen molar-refractivity contribution in [2.75, 3.05) is 13.7 Å². The number of nitrogens with zero attached hydrogens (tertiary/aromatic N) is 1. The Kier molecular flexibility index (Phi) is 4.14. The molecule has 0 aromatic heterocycles. The second kappa shape index (κ2) is 5.59. The average molecular weight is 225 g/mol. The highest BCUT2D eigenvalue weighted by molar-refractivity contribution is 5.80. The number of oxime groups is 1. The lowest BCUT2D eigenvalue weighted by Gasteiger charge is -2.03. The Morgan fingerprint density at radius 2 is 2.31 bits per heavy atom. The summed E-state index contributed by atoms with van der Waals surface area (Å²) in [7, 11) is 1.43. The minimum atomic E-state index is -1.10. The number of phenolic OH excluding ortho intramolecular Hbond substituents is 1. The molecule has 1 aromatic rings. The first kappa shape index (κ1) is 11.8. The number of hydrogen-bond acceptors (Lipinski definition) is 5. The van der Waals surface area contributed by atoms with Crippen LogP contribution in [0.5, 0.6) is 11.5 Å². The Bertz CT molecular complexity index is 402. The predicted molar refractivity (Wildman–Crippen MR) is 55.8 cm³/mol. The van der Waals surface area contributed by atoms with Crippen molar-refractivity contribution in [2.24, 2.45) is 5.16 Å². The summed E-state index contributed by atoms with van der Waals surface area (Å²) < 4.78 is 4.88. The number of carboxylic acid groups (broad SMARTS) is 1. The van der Waals surface area contributed by atoms with E-state index in [0.717, 1.165) is 0 Å². The molecule has 0 radical (unpaired) electrons. The SMILES string of the molecule is COc1cc(C=NOCC(=O)O)ccc1O. The van der Waals surface area contributed by atoms with Crippen LogP contribution >= 0.6 is 0 Å². The van der Waals surface area contributed by atoms with Crippen molar-refractivity contribution in [3.8, 4) is 11.5 Å². The number of ether oxygens (including phenoxy) is 1. The van der Waals surface area contributed by atoms with Gasteiger partial charge in [-0.25, -0.2) is 4.79 Å². The van der Waals surface area contributed by atoms with Gasteiger partial charge in [-0.15, -0.1) is 0 Å². The van der Waals surface area contributed by atoms with Gasteiger partial charge in [-0.3, -0.25) is 0 Å². The number of aliphatic carboxylic acids is 1. The molecule has 0 heterocycles. The zero-order valence-electron chi connectivity index (χ0n) is 8.58. The first-order valence-corrected chi connectivity index (χ1v) is 4.37. The van der Waals surface area contributed by atoms with Crippen molar-refractivity contribution in [3.05, 3.63) is 23.8 Å². The highest BCUT2D eigenvalue weighted by atomic mass is 16.6. The monoisotopic (exact) mass is 225 g/mol. The van der Waals surface area contributed by atoms with E-state index >= 15 is 0 Å². The van der Waals surface area contributed by atoms with Gasteiger partial charge in [0.2, 0.25) is 6.61 Å². The molecule has 86 valence electrons. The van der Waals surface area contributed by atoms with E-state index in [4.69, 9.17) is 9.84 Å². The van der Waals surface area contributed by atoms with Gasteiger partial charge in [-0.05, 0) is 18.2 Å². The molecule has 0 spiro atoms. The number of carboxylic acids is 1. The summed E-state index contributed by atoms with van der Waals surface area (Å²) in [5.41, 5.74) is 0.625. The van der Waals surface area contributed by atoms with Gasteiger partial charge in [-0.2, -0.15) is 0 Å². The van der Waals surface area contributed by atoms with Gasteiger partial charge in [0.05, 0.1) is 13.3 Å². The molecule has 0 atom stereocenters. The van der Waals surface area contributed by atoms with E-state index in [0.29, 0.717) is 11.3 Å². The van der Waals surface area contributed by atoms with Crippen LogP contribution in [0.4, 0.5) is 0 Å². The summed E-state index contributed by atoms with van der Waals surface area (Å²) in [5.74, 6) is -0.770. The van der Waals surface area contributed by atoms with Crippen molar-refractivity contribution >= 4 is 12.2 Å². The molecule has 0 bridgehead atoms. The second-order valence-electron chi connectivity index (χ2n) is 2.83. The summed E-state index contributed by atoms with van der Waals surface area (Å²) in [4.78, 5) is 14.6. The van der Waals surface area contributed by atoms with E-state index in [-0.39, 0.29) is 5.75 Å². The molecule has 2 N–H and O–H groups in total. The third-order valence-corrected chi connectivity index (χ3v) is 1.67. The molecule has 6 nitrogen and oxygen atoms in total. The molecule has 0 saturated heterocycles. The zero-order chi connectivity index (χ0) is 12.0. The normalized spacial score (nSPS) is 10.3. The van der Waals surface area contributed by atoms with Crippen molar-refractivity contribution in [1.82, 2.24) is 0 Å². The molecule has 0 fully saturated rings. The van der Waals surface area contributed by atoms with Crippen molar-refractivity contribution in [1.29, 1.82) is 0 Å². The van der Waals surface area contributed by atoms with Gasteiger partial charge in [-0.1, -0.05) is 5.16 Å². The van der Waals surface area contributed by atoms with E-state index in [1.807, 2.05) is 0 Å². The quantitative estimate of drug-likeness (QED) is 0.572. The molecular weight excluding hydrogens is 214 g/mol. The Balaban J connectivity index is 2.63. The minimum absolute atomic E-state index is 0.0195. The standard InChI is InChI=1S/C10H11NO5/c1-15-9-4-7(2-3-8(9)12)5-11-16-6-10(13)14/h2-5,12H,6H2,1H3,(H,13,14). The van der Waals surface area contributed by atoms with Gasteiger partial charge in [0.25, 0.3) is 0 Å². The Hall–Kier alpha value is -2.24. The van der Waals surface area contributed by atoms with Crippen molar-refractivity contribution < 1.29 is 24.6 Å².